The number of likely N-dealkylation sites (tertiary alicyclic amines) is 1. The number of nitrogens with zero attached hydrogens (tertiary/aromatic N) is 4. The Hall–Kier alpha value is -2.99. The average molecular weight is 411 g/mol. The number of anilines is 1. The first-order chi connectivity index (χ1) is 13.9. The quantitative estimate of drug-likeness (QED) is 0.802. The van der Waals surface area contributed by atoms with Crippen molar-refractivity contribution >= 4 is 28.4 Å². The van der Waals surface area contributed by atoms with Crippen LogP contribution in [-0.2, 0) is 10.2 Å². The van der Waals surface area contributed by atoms with Gasteiger partial charge in [0.05, 0.1) is 27.7 Å². The van der Waals surface area contributed by atoms with Gasteiger partial charge in [0, 0.05) is 12.7 Å². The number of hydrogen-bond donors (Lipinski definition) is 2. The standard InChI is InChI=1S/C20H22N6O2S/c1-12-16(13-5-8-23-15(10-13)20(11-21)6-3-7-20)29-18(24-12)25-19(28)26-9-2-4-14(26)17(22)27/h5,8,10,14H,2-4,6-7,9H2,1H3,(H2,22,27)(H,24,25,28)/t14-/m0/s1. The van der Waals surface area contributed by atoms with E-state index >= 15 is 0 Å². The van der Waals surface area contributed by atoms with Gasteiger partial charge in [-0.1, -0.05) is 11.3 Å². The number of nitriles is 1. The lowest BCUT2D eigenvalue weighted by Gasteiger charge is -2.34. The largest absolute Gasteiger partial charge is 0.368 e. The van der Waals surface area contributed by atoms with E-state index in [2.05, 4.69) is 21.4 Å². The van der Waals surface area contributed by atoms with E-state index in [0.29, 0.717) is 18.1 Å². The van der Waals surface area contributed by atoms with E-state index in [1.165, 1.54) is 16.2 Å². The molecule has 1 saturated heterocycles. The number of thiazole rings is 1. The number of nitrogens with one attached hydrogen (secondary N) is 1. The van der Waals surface area contributed by atoms with Crippen LogP contribution < -0.4 is 11.1 Å². The second kappa shape index (κ2) is 7.44. The maximum absolute atomic E-state index is 12.6. The molecule has 0 radical (unpaired) electrons. The number of carbonyl (C=O) groups excluding carboxylic acids is 2. The molecule has 2 aromatic heterocycles. The highest BCUT2D eigenvalue weighted by atomic mass is 32.1. The van der Waals surface area contributed by atoms with Gasteiger partial charge in [0.15, 0.2) is 5.13 Å². The molecule has 1 aliphatic carbocycles. The van der Waals surface area contributed by atoms with Crippen molar-refractivity contribution in [1.82, 2.24) is 14.9 Å². The van der Waals surface area contributed by atoms with E-state index in [1.54, 1.807) is 6.20 Å². The fourth-order valence-electron chi connectivity index (χ4n) is 3.98. The lowest BCUT2D eigenvalue weighted by atomic mass is 9.67. The van der Waals surface area contributed by atoms with E-state index in [4.69, 9.17) is 5.73 Å². The molecule has 29 heavy (non-hydrogen) atoms. The van der Waals surface area contributed by atoms with Crippen LogP contribution >= 0.6 is 11.3 Å². The normalized spacial score (nSPS) is 20.0. The molecule has 0 unspecified atom stereocenters. The zero-order chi connectivity index (χ0) is 20.6. The van der Waals surface area contributed by atoms with Gasteiger partial charge in [-0.25, -0.2) is 9.78 Å². The first kappa shape index (κ1) is 19.3. The van der Waals surface area contributed by atoms with Crippen LogP contribution in [0.2, 0.25) is 0 Å². The molecular weight excluding hydrogens is 388 g/mol. The van der Waals surface area contributed by atoms with Crippen molar-refractivity contribution < 1.29 is 9.59 Å². The highest BCUT2D eigenvalue weighted by molar-refractivity contribution is 7.19. The van der Waals surface area contributed by atoms with Crippen LogP contribution in [0.25, 0.3) is 10.4 Å². The highest BCUT2D eigenvalue weighted by Gasteiger charge is 2.40. The minimum absolute atomic E-state index is 0.361. The van der Waals surface area contributed by atoms with Gasteiger partial charge in [-0.15, -0.1) is 0 Å². The first-order valence-corrected chi connectivity index (χ1v) is 10.5. The van der Waals surface area contributed by atoms with Crippen molar-refractivity contribution in [2.45, 2.75) is 50.5 Å². The fraction of sp³-hybridized carbons (Fsp3) is 0.450. The Morgan fingerprint density at radius 3 is 2.86 bits per heavy atom. The molecule has 2 fully saturated rings. The molecule has 3 amide bonds. The maximum Gasteiger partial charge on any atom is 0.324 e. The van der Waals surface area contributed by atoms with Crippen LogP contribution in [-0.4, -0.2) is 39.4 Å². The summed E-state index contributed by atoms with van der Waals surface area (Å²) in [4.78, 5) is 35.4. The van der Waals surface area contributed by atoms with Crippen molar-refractivity contribution in [3.05, 3.63) is 29.7 Å². The molecule has 1 aliphatic heterocycles. The predicted octanol–water partition coefficient (Wildman–Crippen LogP) is 2.94. The van der Waals surface area contributed by atoms with E-state index < -0.39 is 17.4 Å². The molecule has 9 heteroatoms. The zero-order valence-corrected chi connectivity index (χ0v) is 17.0. The number of urea groups is 1. The molecule has 150 valence electrons. The third-order valence-corrected chi connectivity index (χ3v) is 6.91. The monoisotopic (exact) mass is 410 g/mol. The average Bonchev–Trinajstić information content (AvgIpc) is 3.28. The Morgan fingerprint density at radius 2 is 2.21 bits per heavy atom. The minimum atomic E-state index is -0.567. The maximum atomic E-state index is 12.6. The number of carbonyl (C=O) groups is 2. The molecule has 3 N–H and O–H groups in total. The predicted molar refractivity (Wildman–Crippen MR) is 109 cm³/mol. The molecule has 0 aromatic carbocycles. The van der Waals surface area contributed by atoms with Crippen molar-refractivity contribution in [3.63, 3.8) is 0 Å². The van der Waals surface area contributed by atoms with Crippen molar-refractivity contribution in [1.29, 1.82) is 5.26 Å². The van der Waals surface area contributed by atoms with Gasteiger partial charge >= 0.3 is 6.03 Å². The molecule has 0 spiro atoms. The summed E-state index contributed by atoms with van der Waals surface area (Å²) < 4.78 is 0. The van der Waals surface area contributed by atoms with Crippen LogP contribution in [0.15, 0.2) is 18.3 Å². The molecule has 1 atom stereocenters. The summed E-state index contributed by atoms with van der Waals surface area (Å²) >= 11 is 1.37. The van der Waals surface area contributed by atoms with Gasteiger partial charge in [0.25, 0.3) is 0 Å². The molecule has 4 rings (SSSR count). The van der Waals surface area contributed by atoms with Crippen molar-refractivity contribution in [3.8, 4) is 16.5 Å². The van der Waals surface area contributed by atoms with Crippen molar-refractivity contribution in [2.24, 2.45) is 5.73 Å². The van der Waals surface area contributed by atoms with Crippen LogP contribution in [0.3, 0.4) is 0 Å². The number of primary amides is 1. The van der Waals surface area contributed by atoms with Crippen LogP contribution in [0.4, 0.5) is 9.93 Å². The Labute approximate surface area is 172 Å². The van der Waals surface area contributed by atoms with E-state index in [0.717, 1.165) is 47.5 Å². The lowest BCUT2D eigenvalue weighted by Crippen LogP contribution is -2.45. The topological polar surface area (TPSA) is 125 Å². The Balaban J connectivity index is 1.55. The summed E-state index contributed by atoms with van der Waals surface area (Å²) in [7, 11) is 0. The summed E-state index contributed by atoms with van der Waals surface area (Å²) in [6.45, 7) is 2.38. The first-order valence-electron chi connectivity index (χ1n) is 9.66. The van der Waals surface area contributed by atoms with Gasteiger partial charge in [-0.2, -0.15) is 5.26 Å². The minimum Gasteiger partial charge on any atom is -0.368 e. The van der Waals surface area contributed by atoms with E-state index in [9.17, 15) is 14.9 Å². The molecule has 0 bridgehead atoms. The Morgan fingerprint density at radius 1 is 1.41 bits per heavy atom. The lowest BCUT2D eigenvalue weighted by molar-refractivity contribution is -0.121. The Kier molecular flexibility index (Phi) is 4.96. The van der Waals surface area contributed by atoms with Gasteiger partial charge < -0.3 is 10.6 Å². The second-order valence-corrected chi connectivity index (χ2v) is 8.59. The third kappa shape index (κ3) is 3.44. The summed E-state index contributed by atoms with van der Waals surface area (Å²) in [5.41, 5.74) is 7.43. The van der Waals surface area contributed by atoms with E-state index in [-0.39, 0.29) is 6.03 Å². The second-order valence-electron chi connectivity index (χ2n) is 7.59. The number of aryl methyl sites for hydroxylation is 1. The number of amides is 3. The fourth-order valence-corrected chi connectivity index (χ4v) is 4.93. The molecule has 3 heterocycles. The summed E-state index contributed by atoms with van der Waals surface area (Å²) in [6.07, 6.45) is 5.77. The number of pyridine rings is 1. The number of hydrogen-bond acceptors (Lipinski definition) is 6. The molecule has 2 aromatic rings. The number of nitrogens with two attached hydrogens (primary N) is 1. The smallest absolute Gasteiger partial charge is 0.324 e. The summed E-state index contributed by atoms with van der Waals surface area (Å²) in [6, 6.07) is 5.35. The summed E-state index contributed by atoms with van der Waals surface area (Å²) in [5.74, 6) is -0.486. The van der Waals surface area contributed by atoms with Gasteiger partial charge in [-0.3, -0.25) is 15.1 Å². The SMILES string of the molecule is Cc1nc(NC(=O)N2CCC[C@H]2C(N)=O)sc1-c1ccnc(C2(C#N)CCC2)c1. The van der Waals surface area contributed by atoms with Crippen LogP contribution in [0, 0.1) is 18.3 Å². The summed E-state index contributed by atoms with van der Waals surface area (Å²) in [5, 5.41) is 12.9. The highest BCUT2D eigenvalue weighted by Crippen LogP contribution is 2.43. The Bertz CT molecular complexity index is 1010. The molecular formula is C20H22N6O2S. The van der Waals surface area contributed by atoms with Gasteiger partial charge in [-0.05, 0) is 56.7 Å². The van der Waals surface area contributed by atoms with Gasteiger partial charge in [0.2, 0.25) is 5.91 Å². The van der Waals surface area contributed by atoms with Gasteiger partial charge in [0.1, 0.15) is 6.04 Å². The van der Waals surface area contributed by atoms with E-state index in [1.807, 2.05) is 19.1 Å². The molecule has 2 aliphatic rings. The van der Waals surface area contributed by atoms with Crippen molar-refractivity contribution in [2.75, 3.05) is 11.9 Å². The zero-order valence-electron chi connectivity index (χ0n) is 16.1. The number of rotatable bonds is 4. The van der Waals surface area contributed by atoms with Crippen LogP contribution in [0.1, 0.15) is 43.5 Å². The molecule has 8 nitrogen and oxygen atoms in total. The molecule has 1 saturated carbocycles. The van der Waals surface area contributed by atoms with Crippen LogP contribution in [0.5, 0.6) is 0 Å². The third-order valence-electron chi connectivity index (χ3n) is 5.79. The number of aromatic nitrogens is 2.